The zero-order valence-corrected chi connectivity index (χ0v) is 8.88. The second-order valence-electron chi connectivity index (χ2n) is 3.38. The first-order chi connectivity index (χ1) is 7.24. The van der Waals surface area contributed by atoms with Gasteiger partial charge in [0.1, 0.15) is 0 Å². The van der Waals surface area contributed by atoms with Gasteiger partial charge in [-0.3, -0.25) is 4.79 Å². The van der Waals surface area contributed by atoms with Crippen LogP contribution in [0.3, 0.4) is 0 Å². The maximum absolute atomic E-state index is 11.9. The van der Waals surface area contributed by atoms with Gasteiger partial charge >= 0.3 is 0 Å². The number of benzene rings is 1. The summed E-state index contributed by atoms with van der Waals surface area (Å²) in [7, 11) is 0. The number of carbonyl (C=O) groups is 1. The number of thiocarbonyl (C=S) groups is 1. The van der Waals surface area contributed by atoms with Gasteiger partial charge in [0.25, 0.3) is 0 Å². The van der Waals surface area contributed by atoms with Crippen molar-refractivity contribution in [3.8, 4) is 0 Å². The van der Waals surface area contributed by atoms with E-state index >= 15 is 0 Å². The van der Waals surface area contributed by atoms with Crippen LogP contribution in [0.1, 0.15) is 22.3 Å². The van der Waals surface area contributed by atoms with Gasteiger partial charge in [0, 0.05) is 28.2 Å². The fraction of sp³-hybridized carbons (Fsp3) is 0.167. The molecule has 1 aromatic carbocycles. The maximum atomic E-state index is 11.9. The van der Waals surface area contributed by atoms with Gasteiger partial charge in [-0.05, 0) is 12.5 Å². The fourth-order valence-corrected chi connectivity index (χ4v) is 2.00. The first-order valence-corrected chi connectivity index (χ1v) is 5.14. The van der Waals surface area contributed by atoms with E-state index in [1.54, 1.807) is 12.1 Å². The lowest BCUT2D eigenvalue weighted by molar-refractivity contribution is 0.102. The number of ketones is 1. The van der Waals surface area contributed by atoms with Crippen LogP contribution in [0.4, 0.5) is 0 Å². The number of fused-ring (bicyclic) bond motifs is 1. The number of aliphatic hydroxyl groups is 1. The number of hydrogen-bond donors (Lipinski definition) is 1. The lowest BCUT2D eigenvalue weighted by Gasteiger charge is -2.15. The second-order valence-corrected chi connectivity index (χ2v) is 3.82. The first kappa shape index (κ1) is 10.2. The Bertz CT molecular complexity index is 460. The zero-order valence-electron chi connectivity index (χ0n) is 8.06. The minimum atomic E-state index is -0.0254. The number of carbonyl (C=O) groups excluding carboxylic acids is 1. The summed E-state index contributed by atoms with van der Waals surface area (Å²) < 4.78 is 0. The molecule has 0 saturated heterocycles. The highest BCUT2D eigenvalue weighted by Crippen LogP contribution is 2.23. The summed E-state index contributed by atoms with van der Waals surface area (Å²) >= 11 is 5.19. The van der Waals surface area contributed by atoms with Gasteiger partial charge in [-0.2, -0.15) is 0 Å². The topological polar surface area (TPSA) is 37.3 Å². The van der Waals surface area contributed by atoms with Crippen molar-refractivity contribution in [2.24, 2.45) is 0 Å². The van der Waals surface area contributed by atoms with Gasteiger partial charge in [0.15, 0.2) is 5.78 Å². The number of aliphatic hydroxyl groups excluding tert-OH is 1. The largest absolute Gasteiger partial charge is 0.396 e. The minimum Gasteiger partial charge on any atom is -0.396 e. The van der Waals surface area contributed by atoms with Crippen LogP contribution < -0.4 is 0 Å². The van der Waals surface area contributed by atoms with Crippen LogP contribution in [0.5, 0.6) is 0 Å². The smallest absolute Gasteiger partial charge is 0.189 e. The summed E-state index contributed by atoms with van der Waals surface area (Å²) in [5.41, 5.74) is 2.06. The Hall–Kier alpha value is -1.32. The molecule has 0 aromatic heterocycles. The molecule has 2 nitrogen and oxygen atoms in total. The molecule has 1 aliphatic rings. The van der Waals surface area contributed by atoms with E-state index in [0.717, 1.165) is 5.56 Å². The van der Waals surface area contributed by atoms with E-state index < -0.39 is 0 Å². The molecular formula is C12H10O2S. The number of Topliss-reactive ketones (excluding diaryl/α,β-unsaturated/α-hetero) is 1. The molecule has 0 fully saturated rings. The monoisotopic (exact) mass is 218 g/mol. The average molecular weight is 218 g/mol. The van der Waals surface area contributed by atoms with Crippen molar-refractivity contribution < 1.29 is 9.90 Å². The third kappa shape index (κ3) is 1.76. The van der Waals surface area contributed by atoms with E-state index in [9.17, 15) is 4.79 Å². The van der Waals surface area contributed by atoms with Gasteiger partial charge < -0.3 is 5.11 Å². The molecule has 0 saturated carbocycles. The Morgan fingerprint density at radius 1 is 1.20 bits per heavy atom. The van der Waals surface area contributed by atoms with Crippen LogP contribution in [0.15, 0.2) is 35.9 Å². The molecule has 1 aromatic rings. The van der Waals surface area contributed by atoms with Crippen LogP contribution in [0.25, 0.3) is 0 Å². The molecule has 76 valence electrons. The molecular weight excluding hydrogens is 208 g/mol. The molecule has 1 N–H and O–H groups in total. The highest BCUT2D eigenvalue weighted by Gasteiger charge is 2.21. The van der Waals surface area contributed by atoms with E-state index in [2.05, 4.69) is 0 Å². The van der Waals surface area contributed by atoms with E-state index in [-0.39, 0.29) is 12.4 Å². The van der Waals surface area contributed by atoms with Gasteiger partial charge in [-0.1, -0.05) is 36.5 Å². The maximum Gasteiger partial charge on any atom is 0.189 e. The number of allylic oxidation sites excluding steroid dienone is 1. The standard InChI is InChI=1S/C12H10O2S/c13-6-5-8-7-11(15)9-3-1-2-4-10(9)12(8)14/h1-4,7,13H,5-6H2. The van der Waals surface area contributed by atoms with Crippen molar-refractivity contribution >= 4 is 22.9 Å². The average Bonchev–Trinajstić information content (AvgIpc) is 2.26. The van der Waals surface area contributed by atoms with Crippen molar-refractivity contribution in [2.45, 2.75) is 6.42 Å². The van der Waals surface area contributed by atoms with Crippen LogP contribution >= 0.6 is 12.2 Å². The molecule has 2 rings (SSSR count). The second kappa shape index (κ2) is 4.04. The van der Waals surface area contributed by atoms with Crippen molar-refractivity contribution in [3.63, 3.8) is 0 Å². The molecule has 0 radical (unpaired) electrons. The summed E-state index contributed by atoms with van der Waals surface area (Å²) in [5, 5.41) is 8.83. The van der Waals surface area contributed by atoms with Gasteiger partial charge in [0.05, 0.1) is 0 Å². The van der Waals surface area contributed by atoms with Crippen molar-refractivity contribution in [2.75, 3.05) is 6.61 Å². The Morgan fingerprint density at radius 2 is 1.87 bits per heavy atom. The summed E-state index contributed by atoms with van der Waals surface area (Å²) in [6.07, 6.45) is 2.06. The summed E-state index contributed by atoms with van der Waals surface area (Å²) in [4.78, 5) is 12.6. The molecule has 1 aliphatic carbocycles. The highest BCUT2D eigenvalue weighted by atomic mass is 32.1. The van der Waals surface area contributed by atoms with E-state index in [1.165, 1.54) is 0 Å². The Morgan fingerprint density at radius 3 is 2.53 bits per heavy atom. The Balaban J connectivity index is 2.49. The van der Waals surface area contributed by atoms with E-state index in [0.29, 0.717) is 22.4 Å². The molecule has 15 heavy (non-hydrogen) atoms. The van der Waals surface area contributed by atoms with Gasteiger partial charge in [0.2, 0.25) is 0 Å². The molecule has 0 aliphatic heterocycles. The predicted octanol–water partition coefficient (Wildman–Crippen LogP) is 1.91. The van der Waals surface area contributed by atoms with Crippen LogP contribution in [-0.2, 0) is 0 Å². The summed E-state index contributed by atoms with van der Waals surface area (Å²) in [5.74, 6) is -0.0201. The molecule has 3 heteroatoms. The third-order valence-corrected chi connectivity index (χ3v) is 2.75. The highest BCUT2D eigenvalue weighted by molar-refractivity contribution is 7.81. The first-order valence-electron chi connectivity index (χ1n) is 4.73. The Labute approximate surface area is 93.2 Å². The van der Waals surface area contributed by atoms with Crippen LogP contribution in [0, 0.1) is 0 Å². The molecule has 0 unspecified atom stereocenters. The zero-order chi connectivity index (χ0) is 10.8. The molecule has 0 atom stereocenters. The lowest BCUT2D eigenvalue weighted by atomic mass is 9.89. The van der Waals surface area contributed by atoms with E-state index in [1.807, 2.05) is 18.2 Å². The van der Waals surface area contributed by atoms with Crippen molar-refractivity contribution in [1.82, 2.24) is 0 Å². The van der Waals surface area contributed by atoms with Crippen LogP contribution in [0.2, 0.25) is 0 Å². The van der Waals surface area contributed by atoms with Crippen molar-refractivity contribution in [1.29, 1.82) is 0 Å². The normalized spacial score (nSPS) is 14.9. The Kier molecular flexibility index (Phi) is 2.75. The lowest BCUT2D eigenvalue weighted by Crippen LogP contribution is -2.16. The van der Waals surface area contributed by atoms with Gasteiger partial charge in [-0.15, -0.1) is 0 Å². The molecule has 0 amide bonds. The SMILES string of the molecule is O=C1C(CCO)=CC(=S)c2ccccc21. The summed E-state index contributed by atoms with van der Waals surface area (Å²) in [6, 6.07) is 7.31. The third-order valence-electron chi connectivity index (χ3n) is 2.42. The predicted molar refractivity (Wildman–Crippen MR) is 62.3 cm³/mol. The molecule has 0 heterocycles. The number of rotatable bonds is 2. The summed E-state index contributed by atoms with van der Waals surface area (Å²) in [6.45, 7) is -0.0254. The van der Waals surface area contributed by atoms with Gasteiger partial charge in [-0.25, -0.2) is 0 Å². The molecule has 0 bridgehead atoms. The minimum absolute atomic E-state index is 0.0201. The molecule has 0 spiro atoms. The van der Waals surface area contributed by atoms with Crippen LogP contribution in [-0.4, -0.2) is 22.4 Å². The quantitative estimate of drug-likeness (QED) is 0.770. The van der Waals surface area contributed by atoms with E-state index in [4.69, 9.17) is 17.3 Å². The number of hydrogen-bond acceptors (Lipinski definition) is 3. The van der Waals surface area contributed by atoms with Crippen molar-refractivity contribution in [3.05, 3.63) is 47.0 Å². The fourth-order valence-electron chi connectivity index (χ4n) is 1.68.